The third-order valence-electron chi connectivity index (χ3n) is 2.23. The van der Waals surface area contributed by atoms with Crippen molar-refractivity contribution in [2.75, 3.05) is 5.32 Å². The number of halogens is 2. The van der Waals surface area contributed by atoms with Gasteiger partial charge in [-0.2, -0.15) is 0 Å². The minimum atomic E-state index is -0.553. The minimum absolute atomic E-state index is 0.150. The van der Waals surface area contributed by atoms with Gasteiger partial charge in [-0.05, 0) is 41.1 Å². The predicted molar refractivity (Wildman–Crippen MR) is 68.8 cm³/mol. The number of hydrogen-bond acceptors (Lipinski definition) is 3. The van der Waals surface area contributed by atoms with Crippen LogP contribution in [0.25, 0.3) is 0 Å². The summed E-state index contributed by atoms with van der Waals surface area (Å²) < 4.78 is 13.8. The van der Waals surface area contributed by atoms with Crippen LogP contribution in [0.3, 0.4) is 0 Å². The number of nitrogens with zero attached hydrogens (tertiary/aromatic N) is 2. The molecule has 0 atom stereocenters. The number of anilines is 1. The Morgan fingerprint density at radius 2 is 2.17 bits per heavy atom. The summed E-state index contributed by atoms with van der Waals surface area (Å²) in [6, 6.07) is 4.55. The molecule has 0 spiro atoms. The Labute approximate surface area is 111 Å². The first-order valence-electron chi connectivity index (χ1n) is 5.11. The maximum absolute atomic E-state index is 12.9. The van der Waals surface area contributed by atoms with Crippen LogP contribution >= 0.6 is 15.9 Å². The van der Waals surface area contributed by atoms with Gasteiger partial charge in [-0.1, -0.05) is 0 Å². The molecule has 0 bridgehead atoms. The fourth-order valence-electron chi connectivity index (χ4n) is 1.34. The van der Waals surface area contributed by atoms with Crippen molar-refractivity contribution in [3.8, 4) is 0 Å². The van der Waals surface area contributed by atoms with E-state index in [0.29, 0.717) is 5.82 Å². The minimum Gasteiger partial charge on any atom is -0.307 e. The summed E-state index contributed by atoms with van der Waals surface area (Å²) in [6.45, 7) is 1.81. The summed E-state index contributed by atoms with van der Waals surface area (Å²) in [6.07, 6.45) is 2.34. The standard InChI is InChI=1S/C12H9BrFN3O/c1-7-10(13)2-3-11(16-7)17-12(18)8-4-9(14)6-15-5-8/h2-6H,1H3,(H,16,17,18). The highest BCUT2D eigenvalue weighted by Gasteiger charge is 2.08. The van der Waals surface area contributed by atoms with E-state index in [1.165, 1.54) is 6.20 Å². The molecule has 0 aliphatic heterocycles. The molecule has 4 nitrogen and oxygen atoms in total. The number of aryl methyl sites for hydroxylation is 1. The van der Waals surface area contributed by atoms with Gasteiger partial charge in [0, 0.05) is 10.7 Å². The maximum Gasteiger partial charge on any atom is 0.258 e. The molecule has 0 unspecified atom stereocenters. The largest absolute Gasteiger partial charge is 0.307 e. The predicted octanol–water partition coefficient (Wildman–Crippen LogP) is 2.94. The number of pyridine rings is 2. The van der Waals surface area contributed by atoms with Gasteiger partial charge in [0.1, 0.15) is 11.6 Å². The number of aromatic nitrogens is 2. The molecule has 0 fully saturated rings. The number of rotatable bonds is 2. The molecule has 18 heavy (non-hydrogen) atoms. The highest BCUT2D eigenvalue weighted by molar-refractivity contribution is 9.10. The van der Waals surface area contributed by atoms with Gasteiger partial charge in [-0.3, -0.25) is 9.78 Å². The summed E-state index contributed by atoms with van der Waals surface area (Å²) in [4.78, 5) is 19.6. The van der Waals surface area contributed by atoms with Crippen LogP contribution in [0.15, 0.2) is 35.1 Å². The van der Waals surface area contributed by atoms with Crippen molar-refractivity contribution in [1.29, 1.82) is 0 Å². The number of amides is 1. The van der Waals surface area contributed by atoms with Crippen LogP contribution in [-0.4, -0.2) is 15.9 Å². The lowest BCUT2D eigenvalue weighted by Gasteiger charge is -2.05. The zero-order valence-electron chi connectivity index (χ0n) is 9.45. The molecule has 6 heteroatoms. The molecule has 2 rings (SSSR count). The Bertz CT molecular complexity index is 604. The van der Waals surface area contributed by atoms with Crippen molar-refractivity contribution < 1.29 is 9.18 Å². The van der Waals surface area contributed by atoms with Crippen molar-refractivity contribution in [2.24, 2.45) is 0 Å². The number of hydrogen-bond donors (Lipinski definition) is 1. The van der Waals surface area contributed by atoms with Crippen molar-refractivity contribution in [3.63, 3.8) is 0 Å². The first-order chi connectivity index (χ1) is 8.56. The maximum atomic E-state index is 12.9. The van der Waals surface area contributed by atoms with E-state index in [0.717, 1.165) is 22.4 Å². The van der Waals surface area contributed by atoms with Crippen LogP contribution in [0, 0.1) is 12.7 Å². The number of carbonyl (C=O) groups is 1. The third-order valence-corrected chi connectivity index (χ3v) is 3.07. The van der Waals surface area contributed by atoms with Crippen LogP contribution in [0.2, 0.25) is 0 Å². The quantitative estimate of drug-likeness (QED) is 0.928. The van der Waals surface area contributed by atoms with E-state index in [2.05, 4.69) is 31.2 Å². The third kappa shape index (κ3) is 2.89. The molecule has 1 N–H and O–H groups in total. The van der Waals surface area contributed by atoms with Crippen molar-refractivity contribution in [1.82, 2.24) is 9.97 Å². The van der Waals surface area contributed by atoms with E-state index < -0.39 is 11.7 Å². The Hall–Kier alpha value is -1.82. The molecule has 0 aliphatic carbocycles. The molecule has 0 aromatic carbocycles. The number of nitrogens with one attached hydrogen (secondary N) is 1. The summed E-state index contributed by atoms with van der Waals surface area (Å²) in [5, 5.41) is 2.58. The average molecular weight is 310 g/mol. The van der Waals surface area contributed by atoms with Crippen LogP contribution < -0.4 is 5.32 Å². The van der Waals surface area contributed by atoms with Crippen LogP contribution in [0.4, 0.5) is 10.2 Å². The smallest absolute Gasteiger partial charge is 0.258 e. The van der Waals surface area contributed by atoms with E-state index in [4.69, 9.17) is 0 Å². The Morgan fingerprint density at radius 1 is 1.39 bits per heavy atom. The van der Waals surface area contributed by atoms with Gasteiger partial charge in [0.25, 0.3) is 5.91 Å². The van der Waals surface area contributed by atoms with E-state index in [-0.39, 0.29) is 5.56 Å². The van der Waals surface area contributed by atoms with Crippen molar-refractivity contribution >= 4 is 27.7 Å². The Kier molecular flexibility index (Phi) is 3.66. The second-order valence-corrected chi connectivity index (χ2v) is 4.46. The zero-order valence-corrected chi connectivity index (χ0v) is 11.0. The summed E-state index contributed by atoms with van der Waals surface area (Å²) in [5.74, 6) is -0.594. The molecular weight excluding hydrogens is 301 g/mol. The van der Waals surface area contributed by atoms with Gasteiger partial charge in [0.05, 0.1) is 17.5 Å². The lowest BCUT2D eigenvalue weighted by molar-refractivity contribution is 0.102. The van der Waals surface area contributed by atoms with Crippen molar-refractivity contribution in [2.45, 2.75) is 6.92 Å². The molecule has 2 heterocycles. The van der Waals surface area contributed by atoms with E-state index in [1.54, 1.807) is 12.1 Å². The Balaban J connectivity index is 2.18. The summed E-state index contributed by atoms with van der Waals surface area (Å²) in [7, 11) is 0. The fourth-order valence-corrected chi connectivity index (χ4v) is 1.56. The zero-order chi connectivity index (χ0) is 13.1. The molecule has 0 aliphatic rings. The molecule has 0 saturated heterocycles. The van der Waals surface area contributed by atoms with E-state index in [9.17, 15) is 9.18 Å². The van der Waals surface area contributed by atoms with Crippen LogP contribution in [0.5, 0.6) is 0 Å². The highest BCUT2D eigenvalue weighted by Crippen LogP contribution is 2.16. The average Bonchev–Trinajstić information content (AvgIpc) is 2.34. The first kappa shape index (κ1) is 12.6. The highest BCUT2D eigenvalue weighted by atomic mass is 79.9. The van der Waals surface area contributed by atoms with Gasteiger partial charge in [0.15, 0.2) is 0 Å². The second-order valence-electron chi connectivity index (χ2n) is 3.61. The van der Waals surface area contributed by atoms with Crippen LogP contribution in [0.1, 0.15) is 16.1 Å². The monoisotopic (exact) mass is 309 g/mol. The molecule has 0 saturated carbocycles. The van der Waals surface area contributed by atoms with Crippen molar-refractivity contribution in [3.05, 3.63) is 52.1 Å². The molecule has 2 aromatic heterocycles. The SMILES string of the molecule is Cc1nc(NC(=O)c2cncc(F)c2)ccc1Br. The molecule has 0 radical (unpaired) electrons. The van der Waals surface area contributed by atoms with Gasteiger partial charge >= 0.3 is 0 Å². The second kappa shape index (κ2) is 5.22. The summed E-state index contributed by atoms with van der Waals surface area (Å²) in [5.41, 5.74) is 0.905. The van der Waals surface area contributed by atoms with E-state index in [1.807, 2.05) is 6.92 Å². The van der Waals surface area contributed by atoms with Crippen LogP contribution in [-0.2, 0) is 0 Å². The fraction of sp³-hybridized carbons (Fsp3) is 0.0833. The normalized spacial score (nSPS) is 10.2. The number of carbonyl (C=O) groups excluding carboxylic acids is 1. The summed E-state index contributed by atoms with van der Waals surface area (Å²) >= 11 is 3.32. The van der Waals surface area contributed by atoms with Gasteiger partial charge in [-0.15, -0.1) is 0 Å². The molecular formula is C12H9BrFN3O. The molecule has 2 aromatic rings. The lowest BCUT2D eigenvalue weighted by Crippen LogP contribution is -2.13. The first-order valence-corrected chi connectivity index (χ1v) is 5.90. The van der Waals surface area contributed by atoms with Gasteiger partial charge in [0.2, 0.25) is 0 Å². The Morgan fingerprint density at radius 3 is 2.83 bits per heavy atom. The molecule has 1 amide bonds. The van der Waals surface area contributed by atoms with Gasteiger partial charge < -0.3 is 5.32 Å². The lowest BCUT2D eigenvalue weighted by atomic mass is 10.2. The topological polar surface area (TPSA) is 54.9 Å². The van der Waals surface area contributed by atoms with E-state index >= 15 is 0 Å². The van der Waals surface area contributed by atoms with Gasteiger partial charge in [-0.25, -0.2) is 9.37 Å². The molecule has 92 valence electrons.